The first-order valence-corrected chi connectivity index (χ1v) is 8.21. The number of hydrogen-bond acceptors (Lipinski definition) is 4. The minimum Gasteiger partial charge on any atom is -0.302 e. The average molecular weight is 280 g/mol. The first-order valence-electron chi connectivity index (χ1n) is 8.21. The van der Waals surface area contributed by atoms with Crippen molar-refractivity contribution in [3.05, 3.63) is 0 Å². The van der Waals surface area contributed by atoms with Crippen LogP contribution in [0.25, 0.3) is 0 Å². The van der Waals surface area contributed by atoms with Crippen LogP contribution in [0.1, 0.15) is 47.0 Å². The van der Waals surface area contributed by atoms with Crippen molar-refractivity contribution in [3.8, 4) is 6.07 Å². The molecule has 0 saturated carbocycles. The lowest BCUT2D eigenvalue weighted by Gasteiger charge is -2.28. The molecule has 4 nitrogen and oxygen atoms in total. The zero-order valence-electron chi connectivity index (χ0n) is 13.8. The van der Waals surface area contributed by atoms with Gasteiger partial charge in [0.2, 0.25) is 0 Å². The average Bonchev–Trinajstić information content (AvgIpc) is 2.93. The van der Waals surface area contributed by atoms with E-state index in [1.807, 2.05) is 6.92 Å². The summed E-state index contributed by atoms with van der Waals surface area (Å²) in [6.45, 7) is 15.2. The Morgan fingerprint density at radius 3 is 2.60 bits per heavy atom. The van der Waals surface area contributed by atoms with Crippen LogP contribution in [0.2, 0.25) is 0 Å². The van der Waals surface area contributed by atoms with Gasteiger partial charge in [0.05, 0.1) is 6.07 Å². The lowest BCUT2D eigenvalue weighted by atomic mass is 9.99. The van der Waals surface area contributed by atoms with Gasteiger partial charge in [0.25, 0.3) is 0 Å². The molecule has 1 heterocycles. The summed E-state index contributed by atoms with van der Waals surface area (Å²) in [7, 11) is 0. The van der Waals surface area contributed by atoms with Gasteiger partial charge in [-0.2, -0.15) is 5.26 Å². The number of likely N-dealkylation sites (tertiary alicyclic amines) is 1. The summed E-state index contributed by atoms with van der Waals surface area (Å²) in [4.78, 5) is 5.07. The van der Waals surface area contributed by atoms with Crippen LogP contribution >= 0.6 is 0 Å². The maximum atomic E-state index is 9.36. The summed E-state index contributed by atoms with van der Waals surface area (Å²) < 4.78 is 0. The van der Waals surface area contributed by atoms with Gasteiger partial charge in [-0.05, 0) is 52.4 Å². The molecule has 0 aromatic carbocycles. The maximum Gasteiger partial charge on any atom is 0.105 e. The molecule has 0 aromatic heterocycles. The molecule has 4 heteroatoms. The monoisotopic (exact) mass is 280 g/mol. The van der Waals surface area contributed by atoms with E-state index in [9.17, 15) is 5.26 Å². The molecule has 0 radical (unpaired) electrons. The third-order valence-electron chi connectivity index (χ3n) is 4.52. The maximum absolute atomic E-state index is 9.36. The number of nitrogens with zero attached hydrogens (tertiary/aromatic N) is 3. The summed E-state index contributed by atoms with van der Waals surface area (Å²) >= 11 is 0. The van der Waals surface area contributed by atoms with Crippen molar-refractivity contribution in [2.45, 2.75) is 58.5 Å². The molecule has 20 heavy (non-hydrogen) atoms. The van der Waals surface area contributed by atoms with Crippen molar-refractivity contribution >= 4 is 0 Å². The lowest BCUT2D eigenvalue weighted by Crippen LogP contribution is -2.44. The fourth-order valence-electron chi connectivity index (χ4n) is 3.02. The van der Waals surface area contributed by atoms with Crippen molar-refractivity contribution < 1.29 is 0 Å². The fraction of sp³-hybridized carbons (Fsp3) is 0.938. The number of nitrogens with one attached hydrogen (secondary N) is 1. The molecule has 0 aromatic rings. The van der Waals surface area contributed by atoms with Gasteiger partial charge in [0, 0.05) is 19.1 Å². The highest BCUT2D eigenvalue weighted by Crippen LogP contribution is 2.18. The fourth-order valence-corrected chi connectivity index (χ4v) is 3.02. The van der Waals surface area contributed by atoms with Crippen LogP contribution in [-0.4, -0.2) is 60.6 Å². The number of rotatable bonds is 9. The van der Waals surface area contributed by atoms with E-state index in [0.717, 1.165) is 45.6 Å². The zero-order chi connectivity index (χ0) is 15.0. The first kappa shape index (κ1) is 17.4. The second-order valence-corrected chi connectivity index (χ2v) is 6.09. The van der Waals surface area contributed by atoms with Gasteiger partial charge in [-0.15, -0.1) is 0 Å². The molecule has 1 aliphatic rings. The van der Waals surface area contributed by atoms with E-state index in [-0.39, 0.29) is 5.54 Å². The van der Waals surface area contributed by atoms with Gasteiger partial charge in [0.1, 0.15) is 5.54 Å². The highest BCUT2D eigenvalue weighted by Gasteiger charge is 2.29. The molecular formula is C16H32N4. The molecule has 116 valence electrons. The normalized spacial score (nSPS) is 22.9. The van der Waals surface area contributed by atoms with Gasteiger partial charge >= 0.3 is 0 Å². The van der Waals surface area contributed by atoms with Crippen molar-refractivity contribution in [1.29, 1.82) is 5.26 Å². The summed E-state index contributed by atoms with van der Waals surface area (Å²) in [5, 5.41) is 12.7. The highest BCUT2D eigenvalue weighted by atomic mass is 15.2. The molecular weight excluding hydrogens is 248 g/mol. The second-order valence-electron chi connectivity index (χ2n) is 6.09. The van der Waals surface area contributed by atoms with Crippen molar-refractivity contribution in [2.24, 2.45) is 0 Å². The minimum absolute atomic E-state index is 0.372. The SMILES string of the molecule is CCCNC(C)(C#N)CCN1CCC(N(CC)CC)C1. The van der Waals surface area contributed by atoms with Gasteiger partial charge < -0.3 is 4.90 Å². The lowest BCUT2D eigenvalue weighted by molar-refractivity contribution is 0.206. The topological polar surface area (TPSA) is 42.3 Å². The van der Waals surface area contributed by atoms with E-state index in [2.05, 4.69) is 42.0 Å². The highest BCUT2D eigenvalue weighted by molar-refractivity contribution is 5.04. The Labute approximate surface area is 125 Å². The van der Waals surface area contributed by atoms with E-state index in [1.165, 1.54) is 13.0 Å². The molecule has 2 unspecified atom stereocenters. The van der Waals surface area contributed by atoms with E-state index in [1.54, 1.807) is 0 Å². The molecule has 1 fully saturated rings. The Balaban J connectivity index is 2.38. The summed E-state index contributed by atoms with van der Waals surface area (Å²) in [5.74, 6) is 0. The molecule has 0 aliphatic carbocycles. The quantitative estimate of drug-likeness (QED) is 0.702. The zero-order valence-corrected chi connectivity index (χ0v) is 13.8. The first-order chi connectivity index (χ1) is 9.58. The molecule has 1 rings (SSSR count). The van der Waals surface area contributed by atoms with Crippen molar-refractivity contribution in [1.82, 2.24) is 15.1 Å². The third kappa shape index (κ3) is 5.05. The van der Waals surface area contributed by atoms with E-state index >= 15 is 0 Å². The Morgan fingerprint density at radius 1 is 1.35 bits per heavy atom. The van der Waals surface area contributed by atoms with E-state index < -0.39 is 0 Å². The Hall–Kier alpha value is -0.630. The summed E-state index contributed by atoms with van der Waals surface area (Å²) in [6, 6.07) is 3.16. The molecule has 1 N–H and O–H groups in total. The molecule has 0 spiro atoms. The number of hydrogen-bond donors (Lipinski definition) is 1. The predicted molar refractivity (Wildman–Crippen MR) is 84.7 cm³/mol. The Morgan fingerprint density at radius 2 is 2.05 bits per heavy atom. The predicted octanol–water partition coefficient (Wildman–Crippen LogP) is 2.07. The van der Waals surface area contributed by atoms with Crippen LogP contribution in [0.4, 0.5) is 0 Å². The second kappa shape index (κ2) is 8.61. The van der Waals surface area contributed by atoms with Crippen molar-refractivity contribution in [2.75, 3.05) is 39.3 Å². The van der Waals surface area contributed by atoms with Gasteiger partial charge in [0.15, 0.2) is 0 Å². The van der Waals surface area contributed by atoms with Gasteiger partial charge in [-0.1, -0.05) is 20.8 Å². The van der Waals surface area contributed by atoms with Crippen LogP contribution < -0.4 is 5.32 Å². The van der Waals surface area contributed by atoms with Crippen LogP contribution in [0.3, 0.4) is 0 Å². The van der Waals surface area contributed by atoms with E-state index in [0.29, 0.717) is 6.04 Å². The standard InChI is InChI=1S/C16H32N4/c1-5-10-18-16(4,14-17)9-12-19-11-8-15(13-19)20(6-2)7-3/h15,18H,5-13H2,1-4H3. The minimum atomic E-state index is -0.372. The van der Waals surface area contributed by atoms with Crippen LogP contribution in [0.5, 0.6) is 0 Å². The van der Waals surface area contributed by atoms with Crippen LogP contribution in [0, 0.1) is 11.3 Å². The Bertz CT molecular complexity index is 308. The molecule has 1 aliphatic heterocycles. The van der Waals surface area contributed by atoms with Gasteiger partial charge in [-0.3, -0.25) is 10.2 Å². The molecule has 1 saturated heterocycles. The largest absolute Gasteiger partial charge is 0.302 e. The molecule has 0 bridgehead atoms. The smallest absolute Gasteiger partial charge is 0.105 e. The number of likely N-dealkylation sites (N-methyl/N-ethyl adjacent to an activating group) is 1. The summed E-state index contributed by atoms with van der Waals surface area (Å²) in [6.07, 6.45) is 3.26. The van der Waals surface area contributed by atoms with Crippen LogP contribution in [0.15, 0.2) is 0 Å². The third-order valence-corrected chi connectivity index (χ3v) is 4.52. The molecule has 0 amide bonds. The van der Waals surface area contributed by atoms with Crippen molar-refractivity contribution in [3.63, 3.8) is 0 Å². The summed E-state index contributed by atoms with van der Waals surface area (Å²) in [5.41, 5.74) is -0.372. The van der Waals surface area contributed by atoms with E-state index in [4.69, 9.17) is 0 Å². The number of nitriles is 1. The van der Waals surface area contributed by atoms with Crippen LogP contribution in [-0.2, 0) is 0 Å². The van der Waals surface area contributed by atoms with Gasteiger partial charge in [-0.25, -0.2) is 0 Å². The molecule has 2 atom stereocenters. The Kier molecular flexibility index (Phi) is 7.50.